The Hall–Kier alpha value is -3.98. The fourth-order valence-corrected chi connectivity index (χ4v) is 4.38. The van der Waals surface area contributed by atoms with Gasteiger partial charge in [0.05, 0.1) is 30.1 Å². The normalized spacial score (nSPS) is 14.3. The number of aromatic nitrogens is 3. The summed E-state index contributed by atoms with van der Waals surface area (Å²) in [4.78, 5) is 38.9. The Morgan fingerprint density at radius 2 is 1.83 bits per heavy atom. The molecule has 1 aliphatic heterocycles. The first-order chi connectivity index (χ1) is 17.5. The number of nitrogens with zero attached hydrogens (tertiary/aromatic N) is 5. The van der Waals surface area contributed by atoms with Crippen LogP contribution in [-0.4, -0.2) is 65.1 Å². The maximum Gasteiger partial charge on any atom is 0.420 e. The molecule has 0 spiro atoms. The second-order valence-electron chi connectivity index (χ2n) is 9.15. The molecule has 36 heavy (non-hydrogen) atoms. The van der Waals surface area contributed by atoms with Crippen molar-refractivity contribution in [3.63, 3.8) is 0 Å². The highest BCUT2D eigenvalue weighted by Crippen LogP contribution is 2.22. The number of hydrogen-bond donors (Lipinski definition) is 1. The van der Waals surface area contributed by atoms with Gasteiger partial charge >= 0.3 is 5.76 Å². The number of hydrogen-bond acceptors (Lipinski definition) is 7. The lowest BCUT2D eigenvalue weighted by molar-refractivity contribution is 0.0954. The molecular formula is C27H30N6O3. The van der Waals surface area contributed by atoms with Gasteiger partial charge in [0.25, 0.3) is 5.91 Å². The minimum atomic E-state index is -0.464. The molecule has 0 radical (unpaired) electrons. The number of oxazole rings is 1. The minimum absolute atomic E-state index is 0.168. The molecule has 9 heteroatoms. The summed E-state index contributed by atoms with van der Waals surface area (Å²) in [7, 11) is 2.13. The molecule has 0 aliphatic carbocycles. The Balaban J connectivity index is 1.37. The largest absolute Gasteiger partial charge is 0.420 e. The molecule has 1 saturated heterocycles. The Morgan fingerprint density at radius 3 is 2.58 bits per heavy atom. The minimum Gasteiger partial charge on any atom is -0.408 e. The maximum atomic E-state index is 12.6. The molecule has 1 amide bonds. The Bertz CT molecular complexity index is 1420. The number of piperazine rings is 1. The molecule has 5 rings (SSSR count). The standard InChI is InChI=1S/C27H30N6O3/c1-3-9-28-26(34)21-7-8-24-23(15-21)33(27(35)36-24)18-19-5-4-6-20(14-19)25-29-16-22(17-30-25)32-12-10-31(2)11-13-32/h4-8,14-17H,3,9-13,18H2,1-2H3,(H,28,34). The maximum absolute atomic E-state index is 12.6. The molecular weight excluding hydrogens is 456 g/mol. The van der Waals surface area contributed by atoms with Gasteiger partial charge in [0.15, 0.2) is 11.4 Å². The Morgan fingerprint density at radius 1 is 1.06 bits per heavy atom. The summed E-state index contributed by atoms with van der Waals surface area (Å²) >= 11 is 0. The SMILES string of the molecule is CCCNC(=O)c1ccc2oc(=O)n(Cc3cccc(-c4ncc(N5CCN(C)CC5)cn4)c3)c2c1. The molecule has 3 heterocycles. The molecule has 4 aromatic rings. The van der Waals surface area contributed by atoms with E-state index in [9.17, 15) is 9.59 Å². The van der Waals surface area contributed by atoms with Gasteiger partial charge in [0.1, 0.15) is 0 Å². The zero-order valence-electron chi connectivity index (χ0n) is 20.6. The van der Waals surface area contributed by atoms with E-state index in [0.29, 0.717) is 35.6 Å². The number of anilines is 1. The van der Waals surface area contributed by atoms with Gasteiger partial charge in [-0.15, -0.1) is 0 Å². The number of rotatable bonds is 7. The average molecular weight is 487 g/mol. The van der Waals surface area contributed by atoms with Crippen LogP contribution >= 0.6 is 0 Å². The fraction of sp³-hybridized carbons (Fsp3) is 0.333. The number of fused-ring (bicyclic) bond motifs is 1. The molecule has 186 valence electrons. The van der Waals surface area contributed by atoms with E-state index in [4.69, 9.17) is 4.42 Å². The average Bonchev–Trinajstić information content (AvgIpc) is 3.22. The lowest BCUT2D eigenvalue weighted by atomic mass is 10.1. The smallest absolute Gasteiger partial charge is 0.408 e. The molecule has 1 fully saturated rings. The van der Waals surface area contributed by atoms with E-state index in [-0.39, 0.29) is 5.91 Å². The molecule has 2 aromatic heterocycles. The Labute approximate surface area is 209 Å². The first-order valence-electron chi connectivity index (χ1n) is 12.3. The molecule has 2 aromatic carbocycles. The monoisotopic (exact) mass is 486 g/mol. The molecule has 1 N–H and O–H groups in total. The van der Waals surface area contributed by atoms with Crippen LogP contribution in [0.2, 0.25) is 0 Å². The van der Waals surface area contributed by atoms with Crippen LogP contribution in [0.1, 0.15) is 29.3 Å². The summed E-state index contributed by atoms with van der Waals surface area (Å²) < 4.78 is 6.97. The van der Waals surface area contributed by atoms with Gasteiger partial charge in [-0.25, -0.2) is 14.8 Å². The van der Waals surface area contributed by atoms with E-state index >= 15 is 0 Å². The molecule has 0 atom stereocenters. The van der Waals surface area contributed by atoms with Crippen molar-refractivity contribution in [2.24, 2.45) is 0 Å². The van der Waals surface area contributed by atoms with Crippen molar-refractivity contribution in [1.82, 2.24) is 24.8 Å². The van der Waals surface area contributed by atoms with Crippen molar-refractivity contribution in [1.29, 1.82) is 0 Å². The number of nitrogens with one attached hydrogen (secondary N) is 1. The van der Waals surface area contributed by atoms with Crippen LogP contribution in [0.4, 0.5) is 5.69 Å². The van der Waals surface area contributed by atoms with Crippen LogP contribution in [0.5, 0.6) is 0 Å². The topological polar surface area (TPSA) is 96.5 Å². The predicted molar refractivity (Wildman–Crippen MR) is 139 cm³/mol. The van der Waals surface area contributed by atoms with Crippen molar-refractivity contribution in [2.45, 2.75) is 19.9 Å². The van der Waals surface area contributed by atoms with Crippen molar-refractivity contribution in [3.8, 4) is 11.4 Å². The number of amides is 1. The van der Waals surface area contributed by atoms with Crippen molar-refractivity contribution in [2.75, 3.05) is 44.7 Å². The summed E-state index contributed by atoms with van der Waals surface area (Å²) in [5.74, 6) is 0.00132. The highest BCUT2D eigenvalue weighted by Gasteiger charge is 2.16. The van der Waals surface area contributed by atoms with Crippen LogP contribution in [-0.2, 0) is 6.54 Å². The summed E-state index contributed by atoms with van der Waals surface area (Å²) in [6.07, 6.45) is 4.60. The first kappa shape index (κ1) is 23.7. The Kier molecular flexibility index (Phi) is 6.81. The fourth-order valence-electron chi connectivity index (χ4n) is 4.38. The summed E-state index contributed by atoms with van der Waals surface area (Å²) in [5, 5.41) is 2.87. The van der Waals surface area contributed by atoms with Gasteiger partial charge in [-0.2, -0.15) is 0 Å². The summed E-state index contributed by atoms with van der Waals surface area (Å²) in [5.41, 5.74) is 4.34. The lowest BCUT2D eigenvalue weighted by Gasteiger charge is -2.33. The molecule has 9 nitrogen and oxygen atoms in total. The summed E-state index contributed by atoms with van der Waals surface area (Å²) in [6.45, 7) is 6.87. The first-order valence-corrected chi connectivity index (χ1v) is 12.3. The third kappa shape index (κ3) is 5.01. The zero-order chi connectivity index (χ0) is 25.1. The van der Waals surface area contributed by atoms with Gasteiger partial charge in [0, 0.05) is 43.9 Å². The van der Waals surface area contributed by atoms with Crippen molar-refractivity contribution < 1.29 is 9.21 Å². The number of benzene rings is 2. The van der Waals surface area contributed by atoms with Crippen molar-refractivity contribution >= 4 is 22.7 Å². The molecule has 0 unspecified atom stereocenters. The second kappa shape index (κ2) is 10.3. The van der Waals surface area contributed by atoms with Crippen LogP contribution in [0.25, 0.3) is 22.5 Å². The van der Waals surface area contributed by atoms with Crippen LogP contribution in [0, 0.1) is 0 Å². The number of carbonyl (C=O) groups excluding carboxylic acids is 1. The van der Waals surface area contributed by atoms with Crippen LogP contribution in [0.3, 0.4) is 0 Å². The quantitative estimate of drug-likeness (QED) is 0.429. The molecule has 1 aliphatic rings. The number of carbonyl (C=O) groups is 1. The van der Waals surface area contributed by atoms with Crippen LogP contribution < -0.4 is 16.0 Å². The second-order valence-corrected chi connectivity index (χ2v) is 9.15. The zero-order valence-corrected chi connectivity index (χ0v) is 20.6. The van der Waals surface area contributed by atoms with E-state index in [1.165, 1.54) is 0 Å². The highest BCUT2D eigenvalue weighted by atomic mass is 16.4. The molecule has 0 saturated carbocycles. The lowest BCUT2D eigenvalue weighted by Crippen LogP contribution is -2.44. The number of likely N-dealkylation sites (N-methyl/N-ethyl adjacent to an activating group) is 1. The van der Waals surface area contributed by atoms with E-state index in [1.807, 2.05) is 43.6 Å². The summed E-state index contributed by atoms with van der Waals surface area (Å²) in [6, 6.07) is 12.9. The van der Waals surface area contributed by atoms with Gasteiger partial charge < -0.3 is 19.5 Å². The third-order valence-electron chi connectivity index (χ3n) is 6.50. The van der Waals surface area contributed by atoms with Gasteiger partial charge in [-0.05, 0) is 43.3 Å². The van der Waals surface area contributed by atoms with E-state index in [0.717, 1.165) is 49.4 Å². The van der Waals surface area contributed by atoms with E-state index < -0.39 is 5.76 Å². The highest BCUT2D eigenvalue weighted by molar-refractivity contribution is 5.97. The van der Waals surface area contributed by atoms with Gasteiger partial charge in [-0.3, -0.25) is 9.36 Å². The van der Waals surface area contributed by atoms with Crippen molar-refractivity contribution in [3.05, 3.63) is 76.5 Å². The van der Waals surface area contributed by atoms with Crippen LogP contribution in [0.15, 0.2) is 64.1 Å². The van der Waals surface area contributed by atoms with Gasteiger partial charge in [0.2, 0.25) is 0 Å². The van der Waals surface area contributed by atoms with E-state index in [1.54, 1.807) is 22.8 Å². The predicted octanol–water partition coefficient (Wildman–Crippen LogP) is 2.99. The van der Waals surface area contributed by atoms with Gasteiger partial charge in [-0.1, -0.05) is 25.1 Å². The third-order valence-corrected chi connectivity index (χ3v) is 6.50. The molecule has 0 bridgehead atoms. The van der Waals surface area contributed by atoms with E-state index in [2.05, 4.69) is 32.1 Å².